The van der Waals surface area contributed by atoms with Gasteiger partial charge in [0.2, 0.25) is 0 Å². The van der Waals surface area contributed by atoms with Crippen molar-refractivity contribution in [2.24, 2.45) is 0 Å². The van der Waals surface area contributed by atoms with Crippen molar-refractivity contribution in [3.8, 4) is 6.07 Å². The predicted molar refractivity (Wildman–Crippen MR) is 79.2 cm³/mol. The highest BCUT2D eigenvalue weighted by molar-refractivity contribution is 5.63. The quantitative estimate of drug-likeness (QED) is 0.860. The number of fused-ring (bicyclic) bond motifs is 1. The Balaban J connectivity index is 2.03. The average Bonchev–Trinajstić information content (AvgIpc) is 2.85. The van der Waals surface area contributed by atoms with Crippen LogP contribution in [-0.2, 0) is 13.1 Å². The number of nitrogens with two attached hydrogens (primary N) is 1. The first-order valence-electron chi connectivity index (χ1n) is 6.59. The molecule has 100 valence electrons. The van der Waals surface area contributed by atoms with Crippen LogP contribution in [0.1, 0.15) is 27.8 Å². The van der Waals surface area contributed by atoms with E-state index in [0.717, 1.165) is 24.2 Å². The fourth-order valence-electron chi connectivity index (χ4n) is 2.75. The summed E-state index contributed by atoms with van der Waals surface area (Å²) < 4.78 is 0. The highest BCUT2D eigenvalue weighted by atomic mass is 15.1. The number of nitrogen functional groups attached to an aromatic ring is 1. The van der Waals surface area contributed by atoms with E-state index in [1.54, 1.807) is 6.20 Å². The molecule has 1 aliphatic rings. The molecule has 0 spiro atoms. The van der Waals surface area contributed by atoms with Crippen LogP contribution in [0.4, 0.5) is 11.5 Å². The van der Waals surface area contributed by atoms with Gasteiger partial charge < -0.3 is 10.6 Å². The molecule has 0 atom stereocenters. The summed E-state index contributed by atoms with van der Waals surface area (Å²) in [6.45, 7) is 5.74. The van der Waals surface area contributed by atoms with Crippen molar-refractivity contribution in [3.63, 3.8) is 0 Å². The lowest BCUT2D eigenvalue weighted by Gasteiger charge is -2.21. The van der Waals surface area contributed by atoms with Crippen LogP contribution in [0.25, 0.3) is 0 Å². The van der Waals surface area contributed by atoms with E-state index in [9.17, 15) is 5.26 Å². The molecular weight excluding hydrogens is 248 g/mol. The second kappa shape index (κ2) is 4.53. The maximum atomic E-state index is 9.25. The molecule has 0 saturated heterocycles. The van der Waals surface area contributed by atoms with Gasteiger partial charge in [-0.25, -0.2) is 4.98 Å². The number of rotatable bonds is 1. The number of benzene rings is 1. The molecule has 4 heteroatoms. The van der Waals surface area contributed by atoms with Crippen LogP contribution in [0.3, 0.4) is 0 Å². The van der Waals surface area contributed by atoms with Gasteiger partial charge in [-0.2, -0.15) is 5.26 Å². The largest absolute Gasteiger partial charge is 0.383 e. The molecule has 3 rings (SSSR count). The summed E-state index contributed by atoms with van der Waals surface area (Å²) in [5, 5.41) is 9.25. The Morgan fingerprint density at radius 2 is 2.10 bits per heavy atom. The molecule has 0 aliphatic carbocycles. The van der Waals surface area contributed by atoms with Gasteiger partial charge in [0.15, 0.2) is 0 Å². The van der Waals surface area contributed by atoms with Crippen molar-refractivity contribution in [3.05, 3.63) is 52.2 Å². The Morgan fingerprint density at radius 1 is 1.30 bits per heavy atom. The molecule has 1 aromatic carbocycles. The second-order valence-electron chi connectivity index (χ2n) is 5.21. The number of anilines is 2. The molecule has 20 heavy (non-hydrogen) atoms. The minimum absolute atomic E-state index is 0.328. The fraction of sp³-hybridized carbons (Fsp3) is 0.250. The Hall–Kier alpha value is -2.54. The van der Waals surface area contributed by atoms with Crippen molar-refractivity contribution < 1.29 is 0 Å². The molecule has 0 radical (unpaired) electrons. The summed E-state index contributed by atoms with van der Waals surface area (Å²) in [7, 11) is 0. The van der Waals surface area contributed by atoms with E-state index in [2.05, 4.69) is 48.0 Å². The van der Waals surface area contributed by atoms with E-state index in [4.69, 9.17) is 5.73 Å². The highest BCUT2D eigenvalue weighted by Crippen LogP contribution is 2.33. The van der Waals surface area contributed by atoms with E-state index >= 15 is 0 Å². The Labute approximate surface area is 118 Å². The second-order valence-corrected chi connectivity index (χ2v) is 5.21. The Kier molecular flexibility index (Phi) is 2.83. The van der Waals surface area contributed by atoms with E-state index < -0.39 is 0 Å². The molecule has 2 N–H and O–H groups in total. The third kappa shape index (κ3) is 1.79. The molecule has 2 aromatic rings. The summed E-state index contributed by atoms with van der Waals surface area (Å²) in [6.07, 6.45) is 1.79. The molecule has 2 heterocycles. The number of aryl methyl sites for hydroxylation is 1. The number of aromatic nitrogens is 1. The first-order chi connectivity index (χ1) is 9.61. The SMILES string of the molecule is Cc1cccc(N2Cc3cnc(N)c(C#N)c3C2)c1C. The Bertz CT molecular complexity index is 728. The van der Waals surface area contributed by atoms with Gasteiger partial charge in [-0.3, -0.25) is 0 Å². The van der Waals surface area contributed by atoms with Crippen molar-refractivity contribution >= 4 is 11.5 Å². The van der Waals surface area contributed by atoms with Crippen LogP contribution in [-0.4, -0.2) is 4.98 Å². The van der Waals surface area contributed by atoms with Crippen molar-refractivity contribution in [1.82, 2.24) is 4.98 Å². The van der Waals surface area contributed by atoms with Gasteiger partial charge in [0, 0.05) is 25.0 Å². The van der Waals surface area contributed by atoms with Crippen LogP contribution >= 0.6 is 0 Å². The molecular formula is C16H16N4. The van der Waals surface area contributed by atoms with E-state index in [1.807, 2.05) is 0 Å². The van der Waals surface area contributed by atoms with Crippen LogP contribution in [0.5, 0.6) is 0 Å². The van der Waals surface area contributed by atoms with Gasteiger partial charge in [0.25, 0.3) is 0 Å². The topological polar surface area (TPSA) is 65.9 Å². The van der Waals surface area contributed by atoms with Crippen molar-refractivity contribution in [2.45, 2.75) is 26.9 Å². The van der Waals surface area contributed by atoms with Gasteiger partial charge in [0.1, 0.15) is 11.9 Å². The van der Waals surface area contributed by atoms with Crippen molar-refractivity contribution in [2.75, 3.05) is 10.6 Å². The zero-order valence-electron chi connectivity index (χ0n) is 11.6. The third-order valence-electron chi connectivity index (χ3n) is 4.04. The monoisotopic (exact) mass is 264 g/mol. The lowest BCUT2D eigenvalue weighted by molar-refractivity contribution is 0.872. The standard InChI is InChI=1S/C16H16N4/c1-10-4-3-5-15(11(10)2)20-8-12-7-19-16(18)13(6-17)14(12)9-20/h3-5,7H,8-9H2,1-2H3,(H2,18,19). The fourth-order valence-corrected chi connectivity index (χ4v) is 2.75. The van der Waals surface area contributed by atoms with Gasteiger partial charge in [0.05, 0.1) is 5.56 Å². The molecule has 4 nitrogen and oxygen atoms in total. The highest BCUT2D eigenvalue weighted by Gasteiger charge is 2.25. The van der Waals surface area contributed by atoms with Crippen LogP contribution in [0.15, 0.2) is 24.4 Å². The molecule has 1 aliphatic heterocycles. The van der Waals surface area contributed by atoms with Crippen molar-refractivity contribution in [1.29, 1.82) is 5.26 Å². The number of pyridine rings is 1. The van der Waals surface area contributed by atoms with Crippen LogP contribution in [0, 0.1) is 25.2 Å². The first-order valence-corrected chi connectivity index (χ1v) is 6.59. The molecule has 0 saturated carbocycles. The molecule has 0 amide bonds. The van der Waals surface area contributed by atoms with Gasteiger partial charge >= 0.3 is 0 Å². The summed E-state index contributed by atoms with van der Waals surface area (Å²) in [5.41, 5.74) is 12.2. The van der Waals surface area contributed by atoms with Crippen LogP contribution in [0.2, 0.25) is 0 Å². The van der Waals surface area contributed by atoms with E-state index in [-0.39, 0.29) is 0 Å². The zero-order chi connectivity index (χ0) is 14.3. The molecule has 0 fully saturated rings. The summed E-state index contributed by atoms with van der Waals surface area (Å²) >= 11 is 0. The first kappa shape index (κ1) is 12.5. The summed E-state index contributed by atoms with van der Waals surface area (Å²) in [5.74, 6) is 0.328. The summed E-state index contributed by atoms with van der Waals surface area (Å²) in [6, 6.07) is 8.48. The number of nitrogens with zero attached hydrogens (tertiary/aromatic N) is 3. The van der Waals surface area contributed by atoms with Gasteiger partial charge in [-0.05, 0) is 42.2 Å². The number of nitriles is 1. The normalized spacial score (nSPS) is 13.2. The van der Waals surface area contributed by atoms with Gasteiger partial charge in [-0.15, -0.1) is 0 Å². The average molecular weight is 264 g/mol. The predicted octanol–water partition coefficient (Wildman–Crippen LogP) is 2.67. The minimum atomic E-state index is 0.328. The zero-order valence-corrected chi connectivity index (χ0v) is 11.6. The lowest BCUT2D eigenvalue weighted by atomic mass is 10.1. The third-order valence-corrected chi connectivity index (χ3v) is 4.04. The maximum Gasteiger partial charge on any atom is 0.141 e. The lowest BCUT2D eigenvalue weighted by Crippen LogP contribution is -2.16. The van der Waals surface area contributed by atoms with E-state index in [0.29, 0.717) is 11.4 Å². The van der Waals surface area contributed by atoms with E-state index in [1.165, 1.54) is 16.8 Å². The number of hydrogen-bond acceptors (Lipinski definition) is 4. The Morgan fingerprint density at radius 3 is 2.85 bits per heavy atom. The summed E-state index contributed by atoms with van der Waals surface area (Å²) in [4.78, 5) is 6.39. The molecule has 0 bridgehead atoms. The maximum absolute atomic E-state index is 9.25. The van der Waals surface area contributed by atoms with Gasteiger partial charge in [-0.1, -0.05) is 12.1 Å². The van der Waals surface area contributed by atoms with Crippen LogP contribution < -0.4 is 10.6 Å². The minimum Gasteiger partial charge on any atom is -0.383 e. The smallest absolute Gasteiger partial charge is 0.141 e. The molecule has 1 aromatic heterocycles. The molecule has 0 unspecified atom stereocenters. The number of hydrogen-bond donors (Lipinski definition) is 1.